The van der Waals surface area contributed by atoms with Crippen LogP contribution in [0.15, 0.2) is 78.9 Å². The molecule has 2 atom stereocenters. The summed E-state index contributed by atoms with van der Waals surface area (Å²) in [6.45, 7) is -0.0674. The molecule has 0 spiro atoms. The number of hydrogen-bond donors (Lipinski definition) is 3. The molecule has 152 valence electrons. The molecule has 0 bridgehead atoms. The highest BCUT2D eigenvalue weighted by Crippen LogP contribution is 2.44. The smallest absolute Gasteiger partial charge is 0.118 e. The number of methoxy groups -OCH3 is 2. The SMILES string of the molecule is COc1ccc(C(c2ccccc2)(c2ccc(OC)cc2)C(O)C(O)CN)cc1. The van der Waals surface area contributed by atoms with Gasteiger partial charge >= 0.3 is 0 Å². The topological polar surface area (TPSA) is 84.9 Å². The van der Waals surface area contributed by atoms with Crippen LogP contribution in [0.2, 0.25) is 0 Å². The van der Waals surface area contributed by atoms with Crippen molar-refractivity contribution in [1.82, 2.24) is 0 Å². The normalized spacial score (nSPS) is 13.6. The summed E-state index contributed by atoms with van der Waals surface area (Å²) in [6, 6.07) is 24.6. The Morgan fingerprint density at radius 3 is 1.52 bits per heavy atom. The van der Waals surface area contributed by atoms with E-state index in [2.05, 4.69) is 0 Å². The number of aliphatic hydroxyl groups excluding tert-OH is 2. The zero-order valence-corrected chi connectivity index (χ0v) is 16.7. The third kappa shape index (κ3) is 3.85. The van der Waals surface area contributed by atoms with Gasteiger partial charge in [0.15, 0.2) is 0 Å². The van der Waals surface area contributed by atoms with Crippen LogP contribution in [0.1, 0.15) is 16.7 Å². The highest BCUT2D eigenvalue weighted by Gasteiger charge is 2.46. The molecule has 29 heavy (non-hydrogen) atoms. The Morgan fingerprint density at radius 2 is 1.14 bits per heavy atom. The predicted octanol–water partition coefficient (Wildman–Crippen LogP) is 2.72. The van der Waals surface area contributed by atoms with Crippen LogP contribution in [0.3, 0.4) is 0 Å². The van der Waals surface area contributed by atoms with Gasteiger partial charge < -0.3 is 25.4 Å². The quantitative estimate of drug-likeness (QED) is 0.513. The fourth-order valence-electron chi connectivity index (χ4n) is 3.84. The van der Waals surface area contributed by atoms with Crippen LogP contribution >= 0.6 is 0 Å². The maximum absolute atomic E-state index is 11.4. The van der Waals surface area contributed by atoms with Gasteiger partial charge in [-0.25, -0.2) is 0 Å². The van der Waals surface area contributed by atoms with Crippen molar-refractivity contribution in [3.05, 3.63) is 95.6 Å². The summed E-state index contributed by atoms with van der Waals surface area (Å²) < 4.78 is 10.6. The van der Waals surface area contributed by atoms with Crippen molar-refractivity contribution in [2.24, 2.45) is 5.73 Å². The highest BCUT2D eigenvalue weighted by atomic mass is 16.5. The van der Waals surface area contributed by atoms with E-state index in [0.29, 0.717) is 11.5 Å². The van der Waals surface area contributed by atoms with Gasteiger partial charge in [0.25, 0.3) is 0 Å². The van der Waals surface area contributed by atoms with Gasteiger partial charge in [0.05, 0.1) is 31.8 Å². The Hall–Kier alpha value is -2.86. The van der Waals surface area contributed by atoms with Crippen LogP contribution in [0, 0.1) is 0 Å². The van der Waals surface area contributed by atoms with Crippen LogP contribution < -0.4 is 15.2 Å². The Kier molecular flexibility index (Phi) is 6.54. The molecule has 0 saturated heterocycles. The lowest BCUT2D eigenvalue weighted by Crippen LogP contribution is -2.50. The maximum Gasteiger partial charge on any atom is 0.118 e. The second kappa shape index (κ2) is 9.09. The molecule has 3 rings (SSSR count). The van der Waals surface area contributed by atoms with Crippen LogP contribution in [-0.2, 0) is 5.41 Å². The first-order valence-electron chi connectivity index (χ1n) is 9.48. The van der Waals surface area contributed by atoms with Crippen molar-refractivity contribution in [1.29, 1.82) is 0 Å². The Labute approximate surface area is 171 Å². The summed E-state index contributed by atoms with van der Waals surface area (Å²) in [5, 5.41) is 22.1. The minimum absolute atomic E-state index is 0.0674. The van der Waals surface area contributed by atoms with Crippen LogP contribution in [-0.4, -0.2) is 43.2 Å². The molecule has 0 amide bonds. The van der Waals surface area contributed by atoms with Crippen molar-refractivity contribution in [2.75, 3.05) is 20.8 Å². The van der Waals surface area contributed by atoms with E-state index in [1.54, 1.807) is 14.2 Å². The molecule has 0 fully saturated rings. The molecule has 0 aliphatic heterocycles. The lowest BCUT2D eigenvalue weighted by atomic mass is 9.64. The highest BCUT2D eigenvalue weighted by molar-refractivity contribution is 5.54. The van der Waals surface area contributed by atoms with Crippen molar-refractivity contribution in [3.8, 4) is 11.5 Å². The van der Waals surface area contributed by atoms with Gasteiger partial charge in [-0.15, -0.1) is 0 Å². The fraction of sp³-hybridized carbons (Fsp3) is 0.250. The monoisotopic (exact) mass is 393 g/mol. The van der Waals surface area contributed by atoms with E-state index in [0.717, 1.165) is 16.7 Å². The van der Waals surface area contributed by atoms with E-state index in [4.69, 9.17) is 15.2 Å². The number of hydrogen-bond acceptors (Lipinski definition) is 5. The molecular weight excluding hydrogens is 366 g/mol. The van der Waals surface area contributed by atoms with E-state index < -0.39 is 17.6 Å². The summed E-state index contributed by atoms with van der Waals surface area (Å²) in [7, 11) is 3.21. The number of benzene rings is 3. The summed E-state index contributed by atoms with van der Waals surface area (Å²) in [5.74, 6) is 1.42. The lowest BCUT2D eigenvalue weighted by Gasteiger charge is -2.41. The van der Waals surface area contributed by atoms with Gasteiger partial charge in [-0.1, -0.05) is 54.6 Å². The van der Waals surface area contributed by atoms with Gasteiger partial charge in [-0.3, -0.25) is 0 Å². The van der Waals surface area contributed by atoms with Crippen molar-refractivity contribution in [2.45, 2.75) is 17.6 Å². The van der Waals surface area contributed by atoms with Crippen LogP contribution in [0.5, 0.6) is 11.5 Å². The summed E-state index contributed by atoms with van der Waals surface area (Å²) in [6.07, 6.45) is -2.31. The Bertz CT molecular complexity index is 847. The van der Waals surface area contributed by atoms with Crippen molar-refractivity contribution < 1.29 is 19.7 Å². The molecule has 0 saturated carbocycles. The zero-order chi connectivity index (χ0) is 20.9. The van der Waals surface area contributed by atoms with Crippen LogP contribution in [0.4, 0.5) is 0 Å². The molecule has 3 aromatic carbocycles. The average molecular weight is 393 g/mol. The average Bonchev–Trinajstić information content (AvgIpc) is 2.80. The number of nitrogens with two attached hydrogens (primary N) is 1. The van der Waals surface area contributed by atoms with E-state index in [1.807, 2.05) is 78.9 Å². The van der Waals surface area contributed by atoms with Crippen molar-refractivity contribution >= 4 is 0 Å². The second-order valence-electron chi connectivity index (χ2n) is 6.88. The standard InChI is InChI=1S/C24H27NO4/c1-28-20-12-8-18(9-13-20)24(23(27)22(26)16-25,17-6-4-3-5-7-17)19-10-14-21(29-2)15-11-19/h3-15,22-23,26-27H,16,25H2,1-2H3. The number of ether oxygens (including phenoxy) is 2. The van der Waals surface area contributed by atoms with Gasteiger partial charge in [-0.2, -0.15) is 0 Å². The predicted molar refractivity (Wildman–Crippen MR) is 113 cm³/mol. The third-order valence-electron chi connectivity index (χ3n) is 5.37. The maximum atomic E-state index is 11.4. The first kappa shape index (κ1) is 20.9. The second-order valence-corrected chi connectivity index (χ2v) is 6.88. The van der Waals surface area contributed by atoms with Crippen molar-refractivity contribution in [3.63, 3.8) is 0 Å². The summed E-state index contributed by atoms with van der Waals surface area (Å²) in [4.78, 5) is 0. The van der Waals surface area contributed by atoms with E-state index in [9.17, 15) is 10.2 Å². The molecule has 0 aliphatic rings. The third-order valence-corrected chi connectivity index (χ3v) is 5.37. The molecule has 0 aliphatic carbocycles. The van der Waals surface area contributed by atoms with Gasteiger partial charge in [0.2, 0.25) is 0 Å². The molecule has 2 unspecified atom stereocenters. The molecule has 0 aromatic heterocycles. The van der Waals surface area contributed by atoms with E-state index in [1.165, 1.54) is 0 Å². The lowest BCUT2D eigenvalue weighted by molar-refractivity contribution is -0.00478. The molecule has 4 N–H and O–H groups in total. The molecule has 5 nitrogen and oxygen atoms in total. The molecule has 0 heterocycles. The number of aliphatic hydroxyl groups is 2. The minimum Gasteiger partial charge on any atom is -0.497 e. The van der Waals surface area contributed by atoms with Gasteiger partial charge in [-0.05, 0) is 41.0 Å². The fourth-order valence-corrected chi connectivity index (χ4v) is 3.84. The van der Waals surface area contributed by atoms with Gasteiger partial charge in [0.1, 0.15) is 11.5 Å². The number of rotatable bonds is 8. The molecular formula is C24H27NO4. The zero-order valence-electron chi connectivity index (χ0n) is 16.7. The molecule has 3 aromatic rings. The Morgan fingerprint density at radius 1 is 0.724 bits per heavy atom. The molecule has 5 heteroatoms. The van der Waals surface area contributed by atoms with E-state index >= 15 is 0 Å². The summed E-state index contributed by atoms with van der Waals surface area (Å²) >= 11 is 0. The first-order chi connectivity index (χ1) is 14.1. The van der Waals surface area contributed by atoms with Gasteiger partial charge in [0, 0.05) is 6.54 Å². The first-order valence-corrected chi connectivity index (χ1v) is 9.48. The largest absolute Gasteiger partial charge is 0.497 e. The minimum atomic E-state index is -1.18. The van der Waals surface area contributed by atoms with Crippen LogP contribution in [0.25, 0.3) is 0 Å². The molecule has 0 radical (unpaired) electrons. The summed E-state index contributed by atoms with van der Waals surface area (Å²) in [5.41, 5.74) is 7.17. The van der Waals surface area contributed by atoms with E-state index in [-0.39, 0.29) is 6.54 Å². The Balaban J connectivity index is 2.33.